The lowest BCUT2D eigenvalue weighted by molar-refractivity contribution is -0.136. The van der Waals surface area contributed by atoms with Gasteiger partial charge in [0.05, 0.1) is 6.26 Å². The Morgan fingerprint density at radius 1 is 1.29 bits per heavy atom. The standard InChI is InChI=1S/C17H25N3O3.ClH/c1-18-11-13-7-9-19(12-13)16(21)14-5-2-3-8-20(14)17(22)15-6-4-10-23-15;/h4,6,10,13-14,18H,2-3,5,7-9,11-12H2,1H3;1H. The molecule has 0 spiro atoms. The zero-order valence-electron chi connectivity index (χ0n) is 14.1. The highest BCUT2D eigenvalue weighted by molar-refractivity contribution is 5.95. The van der Waals surface area contributed by atoms with Crippen molar-refractivity contribution in [3.8, 4) is 0 Å². The summed E-state index contributed by atoms with van der Waals surface area (Å²) in [6.45, 7) is 3.15. The first-order valence-electron chi connectivity index (χ1n) is 8.48. The minimum Gasteiger partial charge on any atom is -0.459 e. The SMILES string of the molecule is CNCC1CCN(C(=O)C2CCCCN2C(=O)c2ccco2)C1.Cl. The molecular formula is C17H26ClN3O3. The predicted molar refractivity (Wildman–Crippen MR) is 93.2 cm³/mol. The third-order valence-electron chi connectivity index (χ3n) is 4.87. The Balaban J connectivity index is 0.00000208. The largest absolute Gasteiger partial charge is 0.459 e. The molecule has 134 valence electrons. The molecule has 2 aliphatic rings. The molecule has 3 heterocycles. The van der Waals surface area contributed by atoms with Gasteiger partial charge >= 0.3 is 0 Å². The molecule has 2 atom stereocenters. The van der Waals surface area contributed by atoms with E-state index in [-0.39, 0.29) is 30.3 Å². The van der Waals surface area contributed by atoms with Gasteiger partial charge in [-0.1, -0.05) is 0 Å². The number of hydrogen-bond acceptors (Lipinski definition) is 4. The molecule has 2 aliphatic heterocycles. The third-order valence-corrected chi connectivity index (χ3v) is 4.87. The maximum Gasteiger partial charge on any atom is 0.290 e. The fourth-order valence-electron chi connectivity index (χ4n) is 3.67. The zero-order valence-corrected chi connectivity index (χ0v) is 14.9. The number of carbonyl (C=O) groups is 2. The van der Waals surface area contributed by atoms with Gasteiger partial charge in [0.2, 0.25) is 5.91 Å². The smallest absolute Gasteiger partial charge is 0.290 e. The van der Waals surface area contributed by atoms with Crippen LogP contribution in [0.1, 0.15) is 36.2 Å². The summed E-state index contributed by atoms with van der Waals surface area (Å²) >= 11 is 0. The summed E-state index contributed by atoms with van der Waals surface area (Å²) in [5.74, 6) is 0.767. The van der Waals surface area contributed by atoms with Crippen LogP contribution in [0.15, 0.2) is 22.8 Å². The minimum atomic E-state index is -0.338. The first kappa shape index (κ1) is 18.8. The lowest BCUT2D eigenvalue weighted by Crippen LogP contribution is -2.52. The van der Waals surface area contributed by atoms with Crippen LogP contribution in [0.3, 0.4) is 0 Å². The molecule has 2 saturated heterocycles. The van der Waals surface area contributed by atoms with E-state index >= 15 is 0 Å². The van der Waals surface area contributed by atoms with Crippen molar-refractivity contribution in [1.29, 1.82) is 0 Å². The number of piperidine rings is 1. The number of furan rings is 1. The van der Waals surface area contributed by atoms with Crippen LogP contribution in [0.5, 0.6) is 0 Å². The van der Waals surface area contributed by atoms with E-state index < -0.39 is 0 Å². The van der Waals surface area contributed by atoms with Crippen LogP contribution < -0.4 is 5.32 Å². The first-order valence-corrected chi connectivity index (χ1v) is 8.48. The number of amides is 2. The van der Waals surface area contributed by atoms with Gasteiger partial charge in [-0.25, -0.2) is 0 Å². The van der Waals surface area contributed by atoms with E-state index in [4.69, 9.17) is 4.42 Å². The Hall–Kier alpha value is -1.53. The lowest BCUT2D eigenvalue weighted by Gasteiger charge is -2.36. The molecule has 1 N–H and O–H groups in total. The molecule has 1 aromatic rings. The van der Waals surface area contributed by atoms with Crippen molar-refractivity contribution in [3.05, 3.63) is 24.2 Å². The molecule has 0 aromatic carbocycles. The van der Waals surface area contributed by atoms with E-state index in [9.17, 15) is 9.59 Å². The normalized spacial score (nSPS) is 23.9. The van der Waals surface area contributed by atoms with Crippen LogP contribution >= 0.6 is 12.4 Å². The van der Waals surface area contributed by atoms with Crippen molar-refractivity contribution in [1.82, 2.24) is 15.1 Å². The van der Waals surface area contributed by atoms with Gasteiger partial charge in [0.25, 0.3) is 5.91 Å². The van der Waals surface area contributed by atoms with Crippen molar-refractivity contribution >= 4 is 24.2 Å². The summed E-state index contributed by atoms with van der Waals surface area (Å²) in [6, 6.07) is 3.03. The summed E-state index contributed by atoms with van der Waals surface area (Å²) < 4.78 is 5.23. The van der Waals surface area contributed by atoms with Crippen molar-refractivity contribution in [3.63, 3.8) is 0 Å². The average Bonchev–Trinajstić information content (AvgIpc) is 3.26. The topological polar surface area (TPSA) is 65.8 Å². The second-order valence-corrected chi connectivity index (χ2v) is 6.48. The molecule has 0 aliphatic carbocycles. The Kier molecular flexibility index (Phi) is 6.69. The van der Waals surface area contributed by atoms with Gasteiger partial charge in [0.15, 0.2) is 5.76 Å². The van der Waals surface area contributed by atoms with Gasteiger partial charge in [0.1, 0.15) is 6.04 Å². The van der Waals surface area contributed by atoms with E-state index in [1.165, 1.54) is 6.26 Å². The maximum atomic E-state index is 12.9. The van der Waals surface area contributed by atoms with Crippen LogP contribution in [-0.2, 0) is 4.79 Å². The van der Waals surface area contributed by atoms with Gasteiger partial charge < -0.3 is 19.5 Å². The van der Waals surface area contributed by atoms with Gasteiger partial charge in [-0.05, 0) is 57.3 Å². The summed E-state index contributed by atoms with van der Waals surface area (Å²) in [5, 5.41) is 3.18. The van der Waals surface area contributed by atoms with Crippen LogP contribution in [0, 0.1) is 5.92 Å². The number of halogens is 1. The molecule has 0 radical (unpaired) electrons. The van der Waals surface area contributed by atoms with Gasteiger partial charge in [-0.15, -0.1) is 12.4 Å². The van der Waals surface area contributed by atoms with Crippen LogP contribution in [0.4, 0.5) is 0 Å². The van der Waals surface area contributed by atoms with Crippen LogP contribution in [0.25, 0.3) is 0 Å². The molecule has 2 amide bonds. The molecule has 3 rings (SSSR count). The van der Waals surface area contributed by atoms with E-state index in [1.807, 2.05) is 11.9 Å². The number of nitrogens with one attached hydrogen (secondary N) is 1. The summed E-state index contributed by atoms with van der Waals surface area (Å²) in [5.41, 5.74) is 0. The highest BCUT2D eigenvalue weighted by Crippen LogP contribution is 2.24. The molecule has 6 nitrogen and oxygen atoms in total. The molecule has 2 fully saturated rings. The molecule has 24 heavy (non-hydrogen) atoms. The van der Waals surface area contributed by atoms with E-state index in [0.29, 0.717) is 18.2 Å². The minimum absolute atomic E-state index is 0. The fraction of sp³-hybridized carbons (Fsp3) is 0.647. The van der Waals surface area contributed by atoms with Crippen LogP contribution in [-0.4, -0.2) is 60.9 Å². The highest BCUT2D eigenvalue weighted by atomic mass is 35.5. The zero-order chi connectivity index (χ0) is 16.2. The number of rotatable bonds is 4. The number of hydrogen-bond donors (Lipinski definition) is 1. The average molecular weight is 356 g/mol. The second kappa shape index (κ2) is 8.53. The van der Waals surface area contributed by atoms with Crippen molar-refractivity contribution in [2.24, 2.45) is 5.92 Å². The molecule has 1 aromatic heterocycles. The van der Waals surface area contributed by atoms with Crippen molar-refractivity contribution < 1.29 is 14.0 Å². The third kappa shape index (κ3) is 3.92. The first-order chi connectivity index (χ1) is 11.2. The molecule has 7 heteroatoms. The molecule has 0 bridgehead atoms. The lowest BCUT2D eigenvalue weighted by atomic mass is 10.0. The van der Waals surface area contributed by atoms with Crippen LogP contribution in [0.2, 0.25) is 0 Å². The van der Waals surface area contributed by atoms with E-state index in [2.05, 4.69) is 5.32 Å². The number of nitrogens with zero attached hydrogens (tertiary/aromatic N) is 2. The summed E-state index contributed by atoms with van der Waals surface area (Å²) in [6.07, 6.45) is 5.21. The second-order valence-electron chi connectivity index (χ2n) is 6.48. The Labute approximate surface area is 149 Å². The predicted octanol–water partition coefficient (Wildman–Crippen LogP) is 1.76. The molecular weight excluding hydrogens is 330 g/mol. The quantitative estimate of drug-likeness (QED) is 0.893. The van der Waals surface area contributed by atoms with Gasteiger partial charge in [-0.3, -0.25) is 9.59 Å². The number of likely N-dealkylation sites (tertiary alicyclic amines) is 2. The Morgan fingerprint density at radius 3 is 2.83 bits per heavy atom. The van der Waals surface area contributed by atoms with E-state index in [0.717, 1.165) is 45.3 Å². The Morgan fingerprint density at radius 2 is 2.12 bits per heavy atom. The summed E-state index contributed by atoms with van der Waals surface area (Å²) in [7, 11) is 1.94. The molecule has 0 saturated carbocycles. The Bertz CT molecular complexity index is 549. The maximum absolute atomic E-state index is 12.9. The van der Waals surface area contributed by atoms with E-state index in [1.54, 1.807) is 17.0 Å². The fourth-order valence-corrected chi connectivity index (χ4v) is 3.67. The molecule has 2 unspecified atom stereocenters. The van der Waals surface area contributed by atoms with Gasteiger partial charge in [0, 0.05) is 19.6 Å². The highest BCUT2D eigenvalue weighted by Gasteiger charge is 2.38. The van der Waals surface area contributed by atoms with Gasteiger partial charge in [-0.2, -0.15) is 0 Å². The monoisotopic (exact) mass is 355 g/mol. The van der Waals surface area contributed by atoms with Crippen molar-refractivity contribution in [2.45, 2.75) is 31.7 Å². The summed E-state index contributed by atoms with van der Waals surface area (Å²) in [4.78, 5) is 29.2. The number of carbonyl (C=O) groups excluding carboxylic acids is 2. The van der Waals surface area contributed by atoms with Crippen molar-refractivity contribution in [2.75, 3.05) is 33.2 Å².